The van der Waals surface area contributed by atoms with E-state index < -0.39 is 110 Å². The minimum atomic E-state index is -2.61. The van der Waals surface area contributed by atoms with Crippen LogP contribution in [0.5, 0.6) is 23.0 Å². The van der Waals surface area contributed by atoms with Crippen molar-refractivity contribution in [2.45, 2.75) is 50.4 Å². The van der Waals surface area contributed by atoms with Gasteiger partial charge in [-0.2, -0.15) is 0 Å². The number of aliphatic hydroxyl groups is 3. The van der Waals surface area contributed by atoms with Gasteiger partial charge in [0.25, 0.3) is 11.2 Å². The lowest BCUT2D eigenvalue weighted by molar-refractivity contribution is -0.177. The van der Waals surface area contributed by atoms with E-state index in [9.17, 15) is 49.5 Å². The lowest BCUT2D eigenvalue weighted by Gasteiger charge is -2.46. The number of Topliss-reactive ketones (excluding diaryl/α,β-unsaturated/α-hetero) is 2. The summed E-state index contributed by atoms with van der Waals surface area (Å²) in [5.41, 5.74) is -7.31. The number of aromatic hydroxyl groups is 2. The fraction of sp³-hybridized carbons (Fsp3) is 0.382. The van der Waals surface area contributed by atoms with Crippen LogP contribution >= 0.6 is 0 Å². The standard InChI is InChI=1S/C34H32O15/c1-12-11-18-22(28(41)24-16(36)8-9-19(38)33(24,48-18)31(43)46-4)26(39)20(12)14-6-7-15(35)21-27(40)25-17(37)10-13(2)23(30(42)45-3)34(25,32(44)47-5)49-29(14)21/h6-7,11,13,19,23,35,38-41H,8-10H2,1-5H3/t13-,19-,23+,33-,34-/m0/s1. The molecular weight excluding hydrogens is 648 g/mol. The fourth-order valence-electron chi connectivity index (χ4n) is 7.58. The minimum absolute atomic E-state index is 0.119. The number of aryl methyl sites for hydroxylation is 1. The molecule has 0 amide bonds. The highest BCUT2D eigenvalue weighted by Gasteiger charge is 2.66. The van der Waals surface area contributed by atoms with Crippen molar-refractivity contribution in [3.8, 4) is 34.1 Å². The van der Waals surface area contributed by atoms with E-state index in [1.165, 1.54) is 26.0 Å². The highest BCUT2D eigenvalue weighted by Crippen LogP contribution is 2.58. The summed E-state index contributed by atoms with van der Waals surface area (Å²) in [6, 6.07) is 3.65. The first-order valence-electron chi connectivity index (χ1n) is 15.1. The van der Waals surface area contributed by atoms with Gasteiger partial charge in [-0.3, -0.25) is 14.4 Å². The van der Waals surface area contributed by atoms with Crippen molar-refractivity contribution < 1.29 is 73.2 Å². The first kappa shape index (κ1) is 33.3. The summed E-state index contributed by atoms with van der Waals surface area (Å²) in [4.78, 5) is 66.6. The number of esters is 3. The smallest absolute Gasteiger partial charge is 0.358 e. The number of ether oxygens (including phenoxy) is 5. The van der Waals surface area contributed by atoms with Gasteiger partial charge in [-0.05, 0) is 43.0 Å². The summed E-state index contributed by atoms with van der Waals surface area (Å²) < 4.78 is 27.1. The monoisotopic (exact) mass is 680 g/mol. The van der Waals surface area contributed by atoms with Crippen molar-refractivity contribution in [1.29, 1.82) is 0 Å². The van der Waals surface area contributed by atoms with Gasteiger partial charge < -0.3 is 49.2 Å². The van der Waals surface area contributed by atoms with Crippen LogP contribution in [0.15, 0.2) is 29.3 Å². The second kappa shape index (κ2) is 11.3. The molecule has 0 aromatic heterocycles. The van der Waals surface area contributed by atoms with Gasteiger partial charge in [-0.1, -0.05) is 6.92 Å². The van der Waals surface area contributed by atoms with Gasteiger partial charge in [0.05, 0.1) is 32.5 Å². The molecule has 2 aliphatic carbocycles. The molecule has 2 fully saturated rings. The minimum Gasteiger partial charge on any atom is -0.507 e. The summed E-state index contributed by atoms with van der Waals surface area (Å²) in [7, 11) is 3.06. The molecule has 49 heavy (non-hydrogen) atoms. The Hall–Kier alpha value is -5.57. The molecule has 15 nitrogen and oxygen atoms in total. The number of hydrogen-bond donors (Lipinski definition) is 5. The van der Waals surface area contributed by atoms with E-state index in [1.54, 1.807) is 0 Å². The molecule has 2 heterocycles. The normalized spacial score (nSPS) is 27.1. The predicted octanol–water partition coefficient (Wildman–Crippen LogP) is 2.34. The molecule has 5 N–H and O–H groups in total. The molecule has 2 aromatic rings. The van der Waals surface area contributed by atoms with Crippen molar-refractivity contribution in [3.63, 3.8) is 0 Å². The topological polar surface area (TPSA) is 233 Å². The van der Waals surface area contributed by atoms with Crippen molar-refractivity contribution in [2.24, 2.45) is 11.8 Å². The SMILES string of the molecule is COC(=O)[C@H]1[C@@H](C)CC(=O)C2=C(O)c3c(O)ccc(-c4c(C)cc5c(c4O)C(O)=C4C(=O)CC[C@H](O)[C@]4(C(=O)OC)O5)c3O[C@]21C(=O)OC. The second-order valence-corrected chi connectivity index (χ2v) is 12.3. The van der Waals surface area contributed by atoms with Crippen molar-refractivity contribution >= 4 is 41.0 Å². The molecule has 0 bridgehead atoms. The molecule has 15 heteroatoms. The van der Waals surface area contributed by atoms with Gasteiger partial charge in [0, 0.05) is 24.0 Å². The van der Waals surface area contributed by atoms with E-state index in [0.29, 0.717) is 0 Å². The summed E-state index contributed by atoms with van der Waals surface area (Å²) in [5.74, 6) is -11.1. The lowest BCUT2D eigenvalue weighted by Crippen LogP contribution is -2.63. The molecule has 258 valence electrons. The number of aliphatic hydroxyl groups excluding tert-OH is 3. The van der Waals surface area contributed by atoms with Crippen LogP contribution in [-0.4, -0.2) is 93.6 Å². The Balaban J connectivity index is 1.66. The van der Waals surface area contributed by atoms with Crippen molar-refractivity contribution in [2.75, 3.05) is 21.3 Å². The number of carbonyl (C=O) groups is 5. The third-order valence-corrected chi connectivity index (χ3v) is 9.71. The highest BCUT2D eigenvalue weighted by molar-refractivity contribution is 6.15. The van der Waals surface area contributed by atoms with Crippen LogP contribution in [0.1, 0.15) is 42.9 Å². The molecular formula is C34H32O15. The second-order valence-electron chi connectivity index (χ2n) is 12.3. The number of phenolic OH excluding ortho intramolecular Hbond substituents is 2. The van der Waals surface area contributed by atoms with E-state index in [0.717, 1.165) is 27.4 Å². The zero-order valence-corrected chi connectivity index (χ0v) is 26.9. The van der Waals surface area contributed by atoms with Crippen molar-refractivity contribution in [3.05, 3.63) is 46.0 Å². The molecule has 0 spiro atoms. The number of methoxy groups -OCH3 is 3. The summed E-state index contributed by atoms with van der Waals surface area (Å²) in [6.07, 6.45) is -2.35. The number of fused-ring (bicyclic) bond motifs is 4. The Morgan fingerprint density at radius 2 is 1.45 bits per heavy atom. The molecule has 0 radical (unpaired) electrons. The summed E-state index contributed by atoms with van der Waals surface area (Å²) in [5, 5.41) is 56.9. The molecule has 5 atom stereocenters. The maximum Gasteiger partial charge on any atom is 0.358 e. The average molecular weight is 681 g/mol. The van der Waals surface area contributed by atoms with Crippen LogP contribution in [0, 0.1) is 18.8 Å². The fourth-order valence-corrected chi connectivity index (χ4v) is 7.58. The summed E-state index contributed by atoms with van der Waals surface area (Å²) >= 11 is 0. The average Bonchev–Trinajstić information content (AvgIpc) is 3.05. The van der Waals surface area contributed by atoms with E-state index >= 15 is 0 Å². The van der Waals surface area contributed by atoms with Crippen LogP contribution in [0.3, 0.4) is 0 Å². The molecule has 4 aliphatic rings. The number of hydrogen-bond acceptors (Lipinski definition) is 15. The largest absolute Gasteiger partial charge is 0.507 e. The molecule has 2 aliphatic heterocycles. The number of phenols is 2. The molecule has 2 aromatic carbocycles. The number of ketones is 2. The Morgan fingerprint density at radius 3 is 2.08 bits per heavy atom. The Bertz CT molecular complexity index is 1950. The maximum absolute atomic E-state index is 13.7. The van der Waals surface area contributed by atoms with Gasteiger partial charge in [-0.15, -0.1) is 0 Å². The number of rotatable bonds is 4. The van der Waals surface area contributed by atoms with Crippen molar-refractivity contribution in [1.82, 2.24) is 0 Å². The van der Waals surface area contributed by atoms with Crippen LogP contribution in [0.2, 0.25) is 0 Å². The van der Waals surface area contributed by atoms with Gasteiger partial charge in [-0.25, -0.2) is 9.59 Å². The predicted molar refractivity (Wildman–Crippen MR) is 164 cm³/mol. The summed E-state index contributed by atoms with van der Waals surface area (Å²) in [6.45, 7) is 2.98. The third kappa shape index (κ3) is 4.20. The quantitative estimate of drug-likeness (QED) is 0.230. The van der Waals surface area contributed by atoms with E-state index in [-0.39, 0.29) is 41.7 Å². The lowest BCUT2D eigenvalue weighted by atomic mass is 9.64. The molecule has 0 unspecified atom stereocenters. The Morgan fingerprint density at radius 1 is 0.837 bits per heavy atom. The van der Waals surface area contributed by atoms with E-state index in [4.69, 9.17) is 23.7 Å². The zero-order chi connectivity index (χ0) is 35.9. The zero-order valence-electron chi connectivity index (χ0n) is 26.9. The number of carbonyl (C=O) groups excluding carboxylic acids is 5. The highest BCUT2D eigenvalue weighted by atomic mass is 16.6. The molecule has 0 saturated heterocycles. The number of benzene rings is 2. The van der Waals surface area contributed by atoms with Gasteiger partial charge in [0.1, 0.15) is 57.7 Å². The molecule has 2 saturated carbocycles. The van der Waals surface area contributed by atoms with Crippen LogP contribution < -0.4 is 9.47 Å². The van der Waals surface area contributed by atoms with Gasteiger partial charge in [0.15, 0.2) is 11.6 Å². The Kier molecular flexibility index (Phi) is 7.66. The molecule has 6 rings (SSSR count). The van der Waals surface area contributed by atoms with Crippen LogP contribution in [0.4, 0.5) is 0 Å². The van der Waals surface area contributed by atoms with Crippen LogP contribution in [0.25, 0.3) is 22.6 Å². The maximum atomic E-state index is 13.7. The Labute approximate surface area is 277 Å². The first-order chi connectivity index (χ1) is 23.1. The van der Waals surface area contributed by atoms with E-state index in [1.807, 2.05) is 0 Å². The van der Waals surface area contributed by atoms with Crippen LogP contribution in [-0.2, 0) is 38.2 Å². The van der Waals surface area contributed by atoms with Gasteiger partial charge in [0.2, 0.25) is 0 Å². The third-order valence-electron chi connectivity index (χ3n) is 9.71. The first-order valence-corrected chi connectivity index (χ1v) is 15.1. The van der Waals surface area contributed by atoms with Gasteiger partial charge >= 0.3 is 17.9 Å². The van der Waals surface area contributed by atoms with E-state index in [2.05, 4.69) is 0 Å².